The Bertz CT molecular complexity index is 533. The van der Waals surface area contributed by atoms with Gasteiger partial charge in [-0.15, -0.1) is 0 Å². The van der Waals surface area contributed by atoms with E-state index in [1.807, 2.05) is 0 Å². The molecule has 0 unspecified atom stereocenters. The first kappa shape index (κ1) is 17.9. The van der Waals surface area contributed by atoms with Gasteiger partial charge in [-0.05, 0) is 24.3 Å². The van der Waals surface area contributed by atoms with E-state index in [1.54, 1.807) is 24.3 Å². The van der Waals surface area contributed by atoms with Crippen LogP contribution in [0.3, 0.4) is 0 Å². The van der Waals surface area contributed by atoms with Gasteiger partial charge in [0.05, 0.1) is 13.7 Å². The molecule has 0 aliphatic carbocycles. The Labute approximate surface area is 132 Å². The fraction of sp³-hybridized carbons (Fsp3) is 0.357. The molecule has 0 saturated heterocycles. The number of esters is 1. The molecule has 0 bridgehead atoms. The number of amides is 2. The number of aliphatic hydroxyl groups is 1. The van der Waals surface area contributed by atoms with Gasteiger partial charge in [0.2, 0.25) is 5.91 Å². The molecular weight excluding hydrogens is 312 g/mol. The molecule has 2 amide bonds. The molecule has 3 N–H and O–H groups in total. The minimum Gasteiger partial charge on any atom is -0.467 e. The maximum absolute atomic E-state index is 11.8. The maximum atomic E-state index is 11.8. The standard InChI is InChI=1S/C14H17ClN2O5/c1-22-14(21)11(8-18)17-12(19)6-7-16-13(20)9-2-4-10(15)5-3-9/h2-5,11,18H,6-8H2,1H3,(H,16,20)(H,17,19)/t11-/m0/s1. The summed E-state index contributed by atoms with van der Waals surface area (Å²) in [4.78, 5) is 34.6. The number of aliphatic hydroxyl groups excluding tert-OH is 1. The van der Waals surface area contributed by atoms with Crippen molar-refractivity contribution in [2.24, 2.45) is 0 Å². The van der Waals surface area contributed by atoms with Crippen LogP contribution in [0.5, 0.6) is 0 Å². The average Bonchev–Trinajstić information content (AvgIpc) is 2.52. The molecule has 0 aromatic heterocycles. The lowest BCUT2D eigenvalue weighted by Gasteiger charge is -2.13. The van der Waals surface area contributed by atoms with E-state index in [4.69, 9.17) is 16.7 Å². The lowest BCUT2D eigenvalue weighted by Crippen LogP contribution is -2.44. The van der Waals surface area contributed by atoms with Gasteiger partial charge in [0.25, 0.3) is 5.91 Å². The zero-order chi connectivity index (χ0) is 16.5. The first-order valence-corrected chi connectivity index (χ1v) is 6.87. The summed E-state index contributed by atoms with van der Waals surface area (Å²) in [5, 5.41) is 14.4. The summed E-state index contributed by atoms with van der Waals surface area (Å²) >= 11 is 5.72. The Balaban J connectivity index is 2.37. The van der Waals surface area contributed by atoms with Crippen molar-refractivity contribution in [3.05, 3.63) is 34.9 Å². The van der Waals surface area contributed by atoms with Crippen molar-refractivity contribution >= 4 is 29.4 Å². The van der Waals surface area contributed by atoms with Crippen LogP contribution in [0, 0.1) is 0 Å². The molecule has 0 radical (unpaired) electrons. The van der Waals surface area contributed by atoms with Crippen molar-refractivity contribution in [2.45, 2.75) is 12.5 Å². The fourth-order valence-electron chi connectivity index (χ4n) is 1.58. The second kappa shape index (κ2) is 9.01. The third-order valence-electron chi connectivity index (χ3n) is 2.75. The Morgan fingerprint density at radius 2 is 1.91 bits per heavy atom. The molecule has 7 nitrogen and oxygen atoms in total. The number of carbonyl (C=O) groups excluding carboxylic acids is 3. The summed E-state index contributed by atoms with van der Waals surface area (Å²) in [6, 6.07) is 5.20. The molecule has 0 spiro atoms. The number of carbonyl (C=O) groups is 3. The number of halogens is 1. The Kier molecular flexibility index (Phi) is 7.34. The van der Waals surface area contributed by atoms with Crippen LogP contribution in [0.1, 0.15) is 16.8 Å². The van der Waals surface area contributed by atoms with Crippen LogP contribution in [0.2, 0.25) is 5.02 Å². The zero-order valence-electron chi connectivity index (χ0n) is 12.0. The van der Waals surface area contributed by atoms with E-state index in [2.05, 4.69) is 15.4 Å². The quantitative estimate of drug-likeness (QED) is 0.616. The molecule has 0 fully saturated rings. The molecule has 1 aromatic rings. The fourth-order valence-corrected chi connectivity index (χ4v) is 1.71. The van der Waals surface area contributed by atoms with E-state index >= 15 is 0 Å². The van der Waals surface area contributed by atoms with Crippen molar-refractivity contribution in [1.29, 1.82) is 0 Å². The first-order valence-electron chi connectivity index (χ1n) is 6.49. The smallest absolute Gasteiger partial charge is 0.330 e. The minimum absolute atomic E-state index is 0.0349. The molecule has 1 atom stereocenters. The minimum atomic E-state index is -1.11. The van der Waals surface area contributed by atoms with Crippen LogP contribution in [0.4, 0.5) is 0 Å². The van der Waals surface area contributed by atoms with Gasteiger partial charge in [-0.25, -0.2) is 4.79 Å². The van der Waals surface area contributed by atoms with Crippen LogP contribution in [0.15, 0.2) is 24.3 Å². The highest BCUT2D eigenvalue weighted by molar-refractivity contribution is 6.30. The van der Waals surface area contributed by atoms with Crippen LogP contribution < -0.4 is 10.6 Å². The van der Waals surface area contributed by atoms with E-state index in [1.165, 1.54) is 0 Å². The Hall–Kier alpha value is -2.12. The lowest BCUT2D eigenvalue weighted by molar-refractivity contribution is -0.146. The molecule has 8 heteroatoms. The van der Waals surface area contributed by atoms with E-state index in [0.717, 1.165) is 7.11 Å². The van der Waals surface area contributed by atoms with Crippen molar-refractivity contribution in [2.75, 3.05) is 20.3 Å². The number of nitrogens with one attached hydrogen (secondary N) is 2. The van der Waals surface area contributed by atoms with Gasteiger partial charge in [-0.2, -0.15) is 0 Å². The number of hydrogen-bond acceptors (Lipinski definition) is 5. The Morgan fingerprint density at radius 1 is 1.27 bits per heavy atom. The van der Waals surface area contributed by atoms with Crippen molar-refractivity contribution in [1.82, 2.24) is 10.6 Å². The highest BCUT2D eigenvalue weighted by atomic mass is 35.5. The summed E-state index contributed by atoms with van der Waals surface area (Å²) in [5.74, 6) is -1.56. The number of methoxy groups -OCH3 is 1. The second-order valence-corrected chi connectivity index (χ2v) is 4.78. The van der Waals surface area contributed by atoms with E-state index < -0.39 is 24.5 Å². The van der Waals surface area contributed by atoms with Gasteiger partial charge >= 0.3 is 5.97 Å². The molecule has 0 aliphatic heterocycles. The topological polar surface area (TPSA) is 105 Å². The summed E-state index contributed by atoms with van der Waals surface area (Å²) in [5.41, 5.74) is 0.424. The maximum Gasteiger partial charge on any atom is 0.330 e. The van der Waals surface area contributed by atoms with Gasteiger partial charge < -0.3 is 20.5 Å². The van der Waals surface area contributed by atoms with Gasteiger partial charge in [0, 0.05) is 23.6 Å². The lowest BCUT2D eigenvalue weighted by atomic mass is 10.2. The SMILES string of the molecule is COC(=O)[C@H](CO)NC(=O)CCNC(=O)c1ccc(Cl)cc1. The molecule has 22 heavy (non-hydrogen) atoms. The monoisotopic (exact) mass is 328 g/mol. The highest BCUT2D eigenvalue weighted by Crippen LogP contribution is 2.09. The molecule has 0 heterocycles. The van der Waals surface area contributed by atoms with Crippen LogP contribution in [-0.2, 0) is 14.3 Å². The average molecular weight is 329 g/mol. The zero-order valence-corrected chi connectivity index (χ0v) is 12.7. The second-order valence-electron chi connectivity index (χ2n) is 4.34. The predicted octanol–water partition coefficient (Wildman–Crippen LogP) is 0.110. The molecule has 120 valence electrons. The van der Waals surface area contributed by atoms with Crippen LogP contribution in [-0.4, -0.2) is 49.2 Å². The summed E-state index contributed by atoms with van der Waals surface area (Å²) in [6.45, 7) is -0.470. The van der Waals surface area contributed by atoms with Crippen molar-refractivity contribution in [3.63, 3.8) is 0 Å². The Morgan fingerprint density at radius 3 is 2.45 bits per heavy atom. The normalized spacial score (nSPS) is 11.4. The number of ether oxygens (including phenoxy) is 1. The van der Waals surface area contributed by atoms with Gasteiger partial charge in [-0.1, -0.05) is 11.6 Å². The number of benzene rings is 1. The summed E-state index contributed by atoms with van der Waals surface area (Å²) in [7, 11) is 1.16. The van der Waals surface area contributed by atoms with Crippen LogP contribution >= 0.6 is 11.6 Å². The molecular formula is C14H17ClN2O5. The van der Waals surface area contributed by atoms with Gasteiger partial charge in [0.1, 0.15) is 0 Å². The third-order valence-corrected chi connectivity index (χ3v) is 3.00. The highest BCUT2D eigenvalue weighted by Gasteiger charge is 2.20. The summed E-state index contributed by atoms with van der Waals surface area (Å²) < 4.78 is 4.42. The molecule has 1 rings (SSSR count). The number of hydrogen-bond donors (Lipinski definition) is 3. The van der Waals surface area contributed by atoms with Gasteiger partial charge in [0.15, 0.2) is 6.04 Å². The van der Waals surface area contributed by atoms with Crippen molar-refractivity contribution < 1.29 is 24.2 Å². The first-order chi connectivity index (χ1) is 10.5. The summed E-state index contributed by atoms with van der Waals surface area (Å²) in [6.07, 6.45) is -0.0349. The predicted molar refractivity (Wildman–Crippen MR) is 79.4 cm³/mol. The molecule has 0 aliphatic rings. The van der Waals surface area contributed by atoms with Crippen LogP contribution in [0.25, 0.3) is 0 Å². The van der Waals surface area contributed by atoms with E-state index in [9.17, 15) is 14.4 Å². The van der Waals surface area contributed by atoms with E-state index in [0.29, 0.717) is 10.6 Å². The van der Waals surface area contributed by atoms with Gasteiger partial charge in [-0.3, -0.25) is 9.59 Å². The molecule has 0 saturated carbocycles. The molecule has 1 aromatic carbocycles. The van der Waals surface area contributed by atoms with Crippen molar-refractivity contribution in [3.8, 4) is 0 Å². The van der Waals surface area contributed by atoms with E-state index in [-0.39, 0.29) is 18.9 Å². The third kappa shape index (κ3) is 5.71. The number of rotatable bonds is 7. The largest absolute Gasteiger partial charge is 0.467 e.